The fraction of sp³-hybridized carbons (Fsp3) is 0.733. The highest BCUT2D eigenvalue weighted by Crippen LogP contribution is 2.37. The highest BCUT2D eigenvalue weighted by atomic mass is 16.1. The quantitative estimate of drug-likeness (QED) is 0.892. The number of aromatic nitrogens is 2. The predicted octanol–water partition coefficient (Wildman–Crippen LogP) is 3.26. The summed E-state index contributed by atoms with van der Waals surface area (Å²) in [7, 11) is 0. The van der Waals surface area contributed by atoms with Crippen LogP contribution < -0.4 is 5.56 Å². The Balaban J connectivity index is 2.09. The molecule has 1 aliphatic rings. The second-order valence-corrected chi connectivity index (χ2v) is 5.83. The first-order chi connectivity index (χ1) is 8.60. The summed E-state index contributed by atoms with van der Waals surface area (Å²) in [5.74, 6) is 3.00. The van der Waals surface area contributed by atoms with Crippen LogP contribution in [-0.4, -0.2) is 9.97 Å². The van der Waals surface area contributed by atoms with E-state index in [0.717, 1.165) is 29.8 Å². The van der Waals surface area contributed by atoms with Crippen LogP contribution in [-0.2, 0) is 6.42 Å². The van der Waals surface area contributed by atoms with Gasteiger partial charge in [-0.2, -0.15) is 0 Å². The van der Waals surface area contributed by atoms with Crippen LogP contribution in [0.25, 0.3) is 0 Å². The minimum atomic E-state index is 0.00262. The largest absolute Gasteiger partial charge is 0.310 e. The zero-order chi connectivity index (χ0) is 13.1. The molecule has 0 saturated heterocycles. The summed E-state index contributed by atoms with van der Waals surface area (Å²) in [6, 6.07) is 1.61. The molecule has 1 aliphatic carbocycles. The standard InChI is InChI=1S/C15H24N2O/c1-4-13-9-14(18)17-15(16-13)12-7-5-11(6-8-12)10(2)3/h9-12H,4-8H2,1-3H3,(H,16,17,18). The Morgan fingerprint density at radius 1 is 1.33 bits per heavy atom. The van der Waals surface area contributed by atoms with Crippen LogP contribution in [0, 0.1) is 11.8 Å². The SMILES string of the molecule is CCc1cc(=O)[nH]c(C2CCC(C(C)C)CC2)n1. The zero-order valence-corrected chi connectivity index (χ0v) is 11.7. The van der Waals surface area contributed by atoms with Gasteiger partial charge in [-0.15, -0.1) is 0 Å². The summed E-state index contributed by atoms with van der Waals surface area (Å²) in [5, 5.41) is 0. The third-order valence-electron chi connectivity index (χ3n) is 4.28. The van der Waals surface area contributed by atoms with Gasteiger partial charge >= 0.3 is 0 Å². The van der Waals surface area contributed by atoms with E-state index in [2.05, 4.69) is 23.8 Å². The monoisotopic (exact) mass is 248 g/mol. The van der Waals surface area contributed by atoms with Gasteiger partial charge in [0.25, 0.3) is 5.56 Å². The van der Waals surface area contributed by atoms with Gasteiger partial charge in [-0.1, -0.05) is 20.8 Å². The molecule has 0 aliphatic heterocycles. The van der Waals surface area contributed by atoms with E-state index < -0.39 is 0 Å². The Morgan fingerprint density at radius 2 is 2.00 bits per heavy atom. The molecule has 1 N–H and O–H groups in total. The van der Waals surface area contributed by atoms with Crippen molar-refractivity contribution in [1.29, 1.82) is 0 Å². The smallest absolute Gasteiger partial charge is 0.251 e. The molecule has 1 fully saturated rings. The van der Waals surface area contributed by atoms with Gasteiger partial charge in [0.15, 0.2) is 0 Å². The average Bonchev–Trinajstić information content (AvgIpc) is 2.38. The molecule has 1 aromatic rings. The molecule has 1 saturated carbocycles. The van der Waals surface area contributed by atoms with E-state index in [0.29, 0.717) is 5.92 Å². The molecule has 2 rings (SSSR count). The van der Waals surface area contributed by atoms with E-state index in [4.69, 9.17) is 0 Å². The Kier molecular flexibility index (Phi) is 4.20. The van der Waals surface area contributed by atoms with Crippen molar-refractivity contribution in [2.75, 3.05) is 0 Å². The van der Waals surface area contributed by atoms with Gasteiger partial charge in [-0.3, -0.25) is 4.79 Å². The van der Waals surface area contributed by atoms with Crippen molar-refractivity contribution in [1.82, 2.24) is 9.97 Å². The second-order valence-electron chi connectivity index (χ2n) is 5.83. The maximum absolute atomic E-state index is 11.6. The Hall–Kier alpha value is -1.12. The van der Waals surface area contributed by atoms with Crippen molar-refractivity contribution in [2.24, 2.45) is 11.8 Å². The molecule has 1 heterocycles. The lowest BCUT2D eigenvalue weighted by atomic mass is 9.77. The Morgan fingerprint density at radius 3 is 2.56 bits per heavy atom. The molecule has 0 amide bonds. The Labute approximate surface area is 109 Å². The molecule has 0 atom stereocenters. The molecular weight excluding hydrogens is 224 g/mol. The van der Waals surface area contributed by atoms with E-state index >= 15 is 0 Å². The van der Waals surface area contributed by atoms with Crippen molar-refractivity contribution in [2.45, 2.75) is 58.8 Å². The van der Waals surface area contributed by atoms with Gasteiger partial charge < -0.3 is 4.98 Å². The minimum absolute atomic E-state index is 0.00262. The number of rotatable bonds is 3. The number of hydrogen-bond acceptors (Lipinski definition) is 2. The molecular formula is C15H24N2O. The summed E-state index contributed by atoms with van der Waals surface area (Å²) < 4.78 is 0. The third-order valence-corrected chi connectivity index (χ3v) is 4.28. The summed E-state index contributed by atoms with van der Waals surface area (Å²) in [6.45, 7) is 6.66. The van der Waals surface area contributed by atoms with Crippen LogP contribution >= 0.6 is 0 Å². The molecule has 1 aromatic heterocycles. The van der Waals surface area contributed by atoms with Crippen LogP contribution in [0.4, 0.5) is 0 Å². The molecule has 3 nitrogen and oxygen atoms in total. The van der Waals surface area contributed by atoms with Crippen molar-refractivity contribution in [3.8, 4) is 0 Å². The zero-order valence-electron chi connectivity index (χ0n) is 11.7. The van der Waals surface area contributed by atoms with Gasteiger partial charge in [-0.05, 0) is 43.9 Å². The van der Waals surface area contributed by atoms with E-state index in [1.54, 1.807) is 6.07 Å². The summed E-state index contributed by atoms with van der Waals surface area (Å²) in [4.78, 5) is 19.1. The molecule has 0 spiro atoms. The summed E-state index contributed by atoms with van der Waals surface area (Å²) >= 11 is 0. The predicted molar refractivity (Wildman–Crippen MR) is 73.8 cm³/mol. The number of aryl methyl sites for hydroxylation is 1. The highest BCUT2D eigenvalue weighted by molar-refractivity contribution is 5.06. The molecule has 100 valence electrons. The van der Waals surface area contributed by atoms with Gasteiger partial charge in [0.2, 0.25) is 0 Å². The number of nitrogens with one attached hydrogen (secondary N) is 1. The number of hydrogen-bond donors (Lipinski definition) is 1. The fourth-order valence-corrected chi connectivity index (χ4v) is 2.96. The summed E-state index contributed by atoms with van der Waals surface area (Å²) in [5.41, 5.74) is 0.919. The lowest BCUT2D eigenvalue weighted by Gasteiger charge is -2.30. The van der Waals surface area contributed by atoms with Gasteiger partial charge in [0.05, 0.1) is 0 Å². The maximum atomic E-state index is 11.6. The summed E-state index contributed by atoms with van der Waals surface area (Å²) in [6.07, 6.45) is 5.70. The van der Waals surface area contributed by atoms with Gasteiger partial charge in [0.1, 0.15) is 5.82 Å². The molecule has 0 unspecified atom stereocenters. The van der Waals surface area contributed by atoms with Crippen molar-refractivity contribution >= 4 is 0 Å². The van der Waals surface area contributed by atoms with Crippen molar-refractivity contribution < 1.29 is 0 Å². The van der Waals surface area contributed by atoms with E-state index in [1.165, 1.54) is 25.7 Å². The van der Waals surface area contributed by atoms with E-state index in [-0.39, 0.29) is 5.56 Å². The first-order valence-electron chi connectivity index (χ1n) is 7.20. The van der Waals surface area contributed by atoms with Gasteiger partial charge in [-0.25, -0.2) is 4.98 Å². The van der Waals surface area contributed by atoms with Crippen LogP contribution in [0.3, 0.4) is 0 Å². The van der Waals surface area contributed by atoms with Crippen LogP contribution in [0.2, 0.25) is 0 Å². The molecule has 18 heavy (non-hydrogen) atoms. The number of H-pyrrole nitrogens is 1. The van der Waals surface area contributed by atoms with E-state index in [1.807, 2.05) is 6.92 Å². The first-order valence-corrected chi connectivity index (χ1v) is 7.20. The normalized spacial score (nSPS) is 24.4. The maximum Gasteiger partial charge on any atom is 0.251 e. The average molecular weight is 248 g/mol. The molecule has 3 heteroatoms. The topological polar surface area (TPSA) is 45.8 Å². The lowest BCUT2D eigenvalue weighted by molar-refractivity contribution is 0.254. The molecule has 0 aromatic carbocycles. The number of aromatic amines is 1. The van der Waals surface area contributed by atoms with Crippen LogP contribution in [0.5, 0.6) is 0 Å². The van der Waals surface area contributed by atoms with Crippen LogP contribution in [0.15, 0.2) is 10.9 Å². The van der Waals surface area contributed by atoms with Crippen LogP contribution in [0.1, 0.15) is 63.9 Å². The highest BCUT2D eigenvalue weighted by Gasteiger charge is 2.25. The van der Waals surface area contributed by atoms with Gasteiger partial charge in [0, 0.05) is 17.7 Å². The lowest BCUT2D eigenvalue weighted by Crippen LogP contribution is -2.21. The minimum Gasteiger partial charge on any atom is -0.310 e. The fourth-order valence-electron chi connectivity index (χ4n) is 2.96. The molecule has 0 radical (unpaired) electrons. The number of nitrogens with zero attached hydrogens (tertiary/aromatic N) is 1. The second kappa shape index (κ2) is 5.68. The van der Waals surface area contributed by atoms with E-state index in [9.17, 15) is 4.79 Å². The first kappa shape index (κ1) is 13.3. The Bertz CT molecular complexity index is 442. The van der Waals surface area contributed by atoms with Crippen molar-refractivity contribution in [3.05, 3.63) is 27.9 Å². The van der Waals surface area contributed by atoms with Crippen molar-refractivity contribution in [3.63, 3.8) is 0 Å². The third kappa shape index (κ3) is 3.01. The molecule has 0 bridgehead atoms.